The van der Waals surface area contributed by atoms with E-state index in [-0.39, 0.29) is 11.9 Å². The van der Waals surface area contributed by atoms with Crippen molar-refractivity contribution < 1.29 is 4.79 Å². The molecule has 122 valence electrons. The Labute approximate surface area is 135 Å². The molecule has 7 nitrogen and oxygen atoms in total. The van der Waals surface area contributed by atoms with E-state index in [1.807, 2.05) is 18.2 Å². The highest BCUT2D eigenvalue weighted by molar-refractivity contribution is 5.95. The minimum absolute atomic E-state index is 0.0284. The molecule has 7 heteroatoms. The molecule has 0 spiro atoms. The summed E-state index contributed by atoms with van der Waals surface area (Å²) in [4.78, 5) is 12.5. The second kappa shape index (κ2) is 6.76. The van der Waals surface area contributed by atoms with Crippen molar-refractivity contribution in [3.63, 3.8) is 0 Å². The average Bonchev–Trinajstić information content (AvgIpc) is 3.19. The molecule has 0 aliphatic heterocycles. The Hall–Kier alpha value is -2.44. The standard InChI is InChI=1S/C16H22N6O/c1-10(2)13-7-4-8-14(13)18-15(23)11-5-3-6-12(9-11)17-16-19-21-22-20-16/h3,5-6,9-10,13-14H,4,7-8H2,1-2H3,(H,18,23)(H2,17,19,20,21,22). The van der Waals surface area contributed by atoms with Gasteiger partial charge in [0.1, 0.15) is 0 Å². The van der Waals surface area contributed by atoms with E-state index in [2.05, 4.69) is 45.1 Å². The van der Waals surface area contributed by atoms with Gasteiger partial charge in [0.05, 0.1) is 0 Å². The summed E-state index contributed by atoms with van der Waals surface area (Å²) in [5.41, 5.74) is 1.39. The molecular formula is C16H22N6O. The summed E-state index contributed by atoms with van der Waals surface area (Å²) in [6.07, 6.45) is 3.45. The molecule has 23 heavy (non-hydrogen) atoms. The van der Waals surface area contributed by atoms with Crippen molar-refractivity contribution in [3.8, 4) is 0 Å². The number of anilines is 2. The molecule has 1 aromatic carbocycles. The zero-order valence-electron chi connectivity index (χ0n) is 13.4. The zero-order valence-corrected chi connectivity index (χ0v) is 13.4. The van der Waals surface area contributed by atoms with Gasteiger partial charge in [0, 0.05) is 17.3 Å². The number of rotatable bonds is 5. The Bertz CT molecular complexity index is 654. The van der Waals surface area contributed by atoms with Crippen LogP contribution in [0.5, 0.6) is 0 Å². The lowest BCUT2D eigenvalue weighted by Gasteiger charge is -2.24. The molecular weight excluding hydrogens is 292 g/mol. The number of aromatic nitrogens is 4. The maximum atomic E-state index is 12.5. The molecule has 2 unspecified atom stereocenters. The summed E-state index contributed by atoms with van der Waals surface area (Å²) >= 11 is 0. The largest absolute Gasteiger partial charge is 0.349 e. The number of hydrogen-bond donors (Lipinski definition) is 3. The van der Waals surface area contributed by atoms with Crippen LogP contribution < -0.4 is 10.6 Å². The number of carbonyl (C=O) groups excluding carboxylic acids is 1. The first-order chi connectivity index (χ1) is 11.1. The quantitative estimate of drug-likeness (QED) is 0.788. The van der Waals surface area contributed by atoms with Gasteiger partial charge in [-0.1, -0.05) is 31.4 Å². The molecule has 1 heterocycles. The maximum absolute atomic E-state index is 12.5. The van der Waals surface area contributed by atoms with E-state index >= 15 is 0 Å². The van der Waals surface area contributed by atoms with Gasteiger partial charge in [-0.25, -0.2) is 0 Å². The van der Waals surface area contributed by atoms with Gasteiger partial charge in [0.25, 0.3) is 11.9 Å². The van der Waals surface area contributed by atoms with Crippen LogP contribution in [0.1, 0.15) is 43.5 Å². The third-order valence-electron chi connectivity index (χ3n) is 4.47. The van der Waals surface area contributed by atoms with Crippen LogP contribution in [-0.4, -0.2) is 32.6 Å². The van der Waals surface area contributed by atoms with E-state index in [1.54, 1.807) is 6.07 Å². The van der Waals surface area contributed by atoms with Crippen molar-refractivity contribution in [1.29, 1.82) is 0 Å². The van der Waals surface area contributed by atoms with Gasteiger partial charge >= 0.3 is 0 Å². The fraction of sp³-hybridized carbons (Fsp3) is 0.500. The molecule has 1 amide bonds. The van der Waals surface area contributed by atoms with Crippen LogP contribution in [0, 0.1) is 11.8 Å². The van der Waals surface area contributed by atoms with E-state index < -0.39 is 0 Å². The van der Waals surface area contributed by atoms with Crippen LogP contribution in [0.3, 0.4) is 0 Å². The highest BCUT2D eigenvalue weighted by atomic mass is 16.1. The Morgan fingerprint density at radius 3 is 2.96 bits per heavy atom. The van der Waals surface area contributed by atoms with Gasteiger partial charge in [0.15, 0.2) is 0 Å². The number of H-pyrrole nitrogens is 1. The van der Waals surface area contributed by atoms with E-state index in [0.717, 1.165) is 12.1 Å². The van der Waals surface area contributed by atoms with Gasteiger partial charge in [-0.2, -0.15) is 5.21 Å². The van der Waals surface area contributed by atoms with Crippen molar-refractivity contribution in [2.75, 3.05) is 5.32 Å². The van der Waals surface area contributed by atoms with Gasteiger partial charge in [-0.3, -0.25) is 4.79 Å². The normalized spacial score (nSPS) is 20.7. The minimum Gasteiger partial charge on any atom is -0.349 e. The molecule has 1 aromatic heterocycles. The fourth-order valence-corrected chi connectivity index (χ4v) is 3.30. The molecule has 1 fully saturated rings. The number of benzene rings is 1. The number of amides is 1. The van der Waals surface area contributed by atoms with E-state index in [4.69, 9.17) is 0 Å². The van der Waals surface area contributed by atoms with Crippen LogP contribution in [0.2, 0.25) is 0 Å². The third kappa shape index (κ3) is 3.67. The molecule has 0 radical (unpaired) electrons. The van der Waals surface area contributed by atoms with Gasteiger partial charge in [-0.15, -0.1) is 5.10 Å². The van der Waals surface area contributed by atoms with Crippen molar-refractivity contribution in [1.82, 2.24) is 25.9 Å². The predicted molar refractivity (Wildman–Crippen MR) is 87.3 cm³/mol. The molecule has 2 aromatic rings. The summed E-state index contributed by atoms with van der Waals surface area (Å²) in [5, 5.41) is 19.7. The summed E-state index contributed by atoms with van der Waals surface area (Å²) in [7, 11) is 0. The maximum Gasteiger partial charge on any atom is 0.267 e. The second-order valence-electron chi connectivity index (χ2n) is 6.36. The first kappa shape index (κ1) is 15.5. The molecule has 0 bridgehead atoms. The number of nitrogens with one attached hydrogen (secondary N) is 3. The molecule has 2 atom stereocenters. The molecule has 1 saturated carbocycles. The first-order valence-electron chi connectivity index (χ1n) is 8.05. The molecule has 0 saturated heterocycles. The summed E-state index contributed by atoms with van der Waals surface area (Å²) in [5.74, 6) is 1.51. The van der Waals surface area contributed by atoms with Crippen LogP contribution in [0.15, 0.2) is 24.3 Å². The predicted octanol–water partition coefficient (Wildman–Crippen LogP) is 2.50. The average molecular weight is 314 g/mol. The summed E-state index contributed by atoms with van der Waals surface area (Å²) < 4.78 is 0. The van der Waals surface area contributed by atoms with E-state index in [1.165, 1.54) is 12.8 Å². The minimum atomic E-state index is -0.0284. The number of carbonyl (C=O) groups is 1. The molecule has 1 aliphatic carbocycles. The van der Waals surface area contributed by atoms with Crippen LogP contribution in [-0.2, 0) is 0 Å². The topological polar surface area (TPSA) is 95.6 Å². The Balaban J connectivity index is 1.67. The summed E-state index contributed by atoms with van der Waals surface area (Å²) in [6, 6.07) is 7.59. The fourth-order valence-electron chi connectivity index (χ4n) is 3.30. The van der Waals surface area contributed by atoms with Crippen molar-refractivity contribution in [3.05, 3.63) is 29.8 Å². The number of hydrogen-bond acceptors (Lipinski definition) is 5. The Morgan fingerprint density at radius 2 is 2.22 bits per heavy atom. The van der Waals surface area contributed by atoms with Crippen LogP contribution >= 0.6 is 0 Å². The lowest BCUT2D eigenvalue weighted by Crippen LogP contribution is -2.39. The van der Waals surface area contributed by atoms with Crippen molar-refractivity contribution in [2.24, 2.45) is 11.8 Å². The van der Waals surface area contributed by atoms with E-state index in [9.17, 15) is 4.79 Å². The number of tetrazole rings is 1. The molecule has 1 aliphatic rings. The molecule has 3 rings (SSSR count). The SMILES string of the molecule is CC(C)C1CCCC1NC(=O)c1cccc(Nc2nn[nH]n2)c1. The highest BCUT2D eigenvalue weighted by Gasteiger charge is 2.30. The Morgan fingerprint density at radius 1 is 1.35 bits per heavy atom. The van der Waals surface area contributed by atoms with Gasteiger partial charge in [0.2, 0.25) is 0 Å². The van der Waals surface area contributed by atoms with Crippen LogP contribution in [0.4, 0.5) is 11.6 Å². The lowest BCUT2D eigenvalue weighted by molar-refractivity contribution is 0.0921. The number of nitrogens with zero attached hydrogens (tertiary/aromatic N) is 3. The Kier molecular flexibility index (Phi) is 4.55. The highest BCUT2D eigenvalue weighted by Crippen LogP contribution is 2.31. The van der Waals surface area contributed by atoms with E-state index in [0.29, 0.717) is 23.3 Å². The third-order valence-corrected chi connectivity index (χ3v) is 4.47. The second-order valence-corrected chi connectivity index (χ2v) is 6.36. The van der Waals surface area contributed by atoms with Gasteiger partial charge in [-0.05, 0) is 48.1 Å². The summed E-state index contributed by atoms with van der Waals surface area (Å²) in [6.45, 7) is 4.45. The van der Waals surface area contributed by atoms with Crippen molar-refractivity contribution in [2.45, 2.75) is 39.2 Å². The van der Waals surface area contributed by atoms with Crippen molar-refractivity contribution >= 4 is 17.5 Å². The lowest BCUT2D eigenvalue weighted by atomic mass is 9.91. The monoisotopic (exact) mass is 314 g/mol. The number of aromatic amines is 1. The first-order valence-corrected chi connectivity index (χ1v) is 8.05. The van der Waals surface area contributed by atoms with Gasteiger partial charge < -0.3 is 10.6 Å². The smallest absolute Gasteiger partial charge is 0.267 e. The molecule has 3 N–H and O–H groups in total. The zero-order chi connectivity index (χ0) is 16.2. The van der Waals surface area contributed by atoms with Crippen LogP contribution in [0.25, 0.3) is 0 Å².